The zero-order valence-corrected chi connectivity index (χ0v) is 74.9. The smallest absolute Gasteiger partial charge is 0.238 e. The van der Waals surface area contributed by atoms with Crippen molar-refractivity contribution in [2.75, 3.05) is 0 Å². The lowest BCUT2D eigenvalue weighted by molar-refractivity contribution is 0.673. The molecule has 650 valence electrons. The molecule has 0 spiro atoms. The molecule has 0 N–H and O–H groups in total. The maximum absolute atomic E-state index is 6.78. The van der Waals surface area contributed by atoms with E-state index in [1.165, 1.54) is 59.6 Å². The second kappa shape index (κ2) is 31.2. The maximum atomic E-state index is 6.78. The highest BCUT2D eigenvalue weighted by Crippen LogP contribution is 2.52. The summed E-state index contributed by atoms with van der Waals surface area (Å²) >= 11 is 0. The number of aromatic nitrogens is 10. The summed E-state index contributed by atoms with van der Waals surface area (Å²) in [7, 11) is 0. The molecular weight excluding hydrogens is 1710 g/mol. The largest absolute Gasteiger partial charge is 0.455 e. The number of fused-ring (bicyclic) bond motifs is 38. The van der Waals surface area contributed by atoms with Crippen LogP contribution < -0.4 is 0 Å². The van der Waals surface area contributed by atoms with Crippen molar-refractivity contribution in [1.29, 1.82) is 0 Å². The van der Waals surface area contributed by atoms with E-state index in [0.717, 1.165) is 203 Å². The van der Waals surface area contributed by atoms with Gasteiger partial charge >= 0.3 is 0 Å². The van der Waals surface area contributed by atoms with E-state index in [-0.39, 0.29) is 0 Å². The van der Waals surface area contributed by atoms with Crippen LogP contribution in [0.3, 0.4) is 0 Å². The van der Waals surface area contributed by atoms with Gasteiger partial charge in [-0.05, 0) is 126 Å². The maximum Gasteiger partial charge on any atom is 0.238 e. The zero-order valence-electron chi connectivity index (χ0n) is 74.9. The van der Waals surface area contributed by atoms with Crippen LogP contribution in [0.5, 0.6) is 0 Å². The zero-order chi connectivity index (χ0) is 91.7. The number of para-hydroxylation sites is 5. The fourth-order valence-electron chi connectivity index (χ4n) is 22.2. The van der Waals surface area contributed by atoms with Crippen LogP contribution in [0.1, 0.15) is 0 Å². The molecule has 0 saturated carbocycles. The average Bonchev–Trinajstić information content (AvgIpc) is 1.55. The first-order valence-electron chi connectivity index (χ1n) is 47.2. The first-order valence-corrected chi connectivity index (χ1v) is 47.2. The summed E-state index contributed by atoms with van der Waals surface area (Å²) in [5.41, 5.74) is 21.6. The first-order chi connectivity index (χ1) is 69.5. The Morgan fingerprint density at radius 2 is 0.386 bits per heavy atom. The van der Waals surface area contributed by atoms with Gasteiger partial charge in [0.15, 0.2) is 11.6 Å². The van der Waals surface area contributed by atoms with E-state index in [4.69, 9.17) is 48.1 Å². The van der Waals surface area contributed by atoms with Gasteiger partial charge in [-0.25, -0.2) is 24.9 Å². The summed E-state index contributed by atoms with van der Waals surface area (Å²) in [6, 6.07) is 156. The van der Waals surface area contributed by atoms with Crippen LogP contribution >= 0.6 is 0 Å². The van der Waals surface area contributed by atoms with Gasteiger partial charge in [-0.15, -0.1) is 0 Å². The molecule has 0 unspecified atom stereocenters. The number of nitrogens with zero attached hydrogens (tertiary/aromatic N) is 10. The van der Waals surface area contributed by atoms with Gasteiger partial charge in [-0.3, -0.25) is 13.7 Å². The summed E-state index contributed by atoms with van der Waals surface area (Å²) in [6.07, 6.45) is 0. The molecule has 0 saturated heterocycles. The lowest BCUT2D eigenvalue weighted by Gasteiger charge is -2.12. The molecule has 0 radical (unpaired) electrons. The minimum absolute atomic E-state index is 0.571. The minimum Gasteiger partial charge on any atom is -0.455 e. The van der Waals surface area contributed by atoms with Crippen LogP contribution in [0.4, 0.5) is 0 Å². The van der Waals surface area contributed by atoms with E-state index in [2.05, 4.69) is 372 Å². The SMILES string of the molecule is c1ccc(-c2ccc(-c3nc(-n4c5ccccc5c5c6c(ccc54)oc4c5ccccc5c5ccccc5c46)nc4ccccc34)cc2)cc1.c1ccc(-c2nc(-c3ccccc3)nc(-n3c4ccccc4c4c5c(ccc43)oc3c4ccccc4c4ccccc4c35)n2)cc1.c1ccc(-c2nc(-n3c4ccccc4c4c5c(ccc43)oc3c4ccccc4c4ccccc4c35)nc3ccccc23)cc1. The Hall–Kier alpha value is -19.1. The number of rotatable bonds is 8. The molecule has 9 heterocycles. The lowest BCUT2D eigenvalue weighted by atomic mass is 9.95. The van der Waals surface area contributed by atoms with Crippen LogP contribution in [0.15, 0.2) is 462 Å². The number of hydrogen-bond donors (Lipinski definition) is 0. The van der Waals surface area contributed by atoms with Gasteiger partial charge in [-0.1, -0.05) is 382 Å². The Morgan fingerprint density at radius 3 is 0.729 bits per heavy atom. The third kappa shape index (κ3) is 12.0. The predicted molar refractivity (Wildman–Crippen MR) is 576 cm³/mol. The summed E-state index contributed by atoms with van der Waals surface area (Å²) in [5, 5.41) is 29.8. The highest BCUT2D eigenvalue weighted by molar-refractivity contribution is 6.40. The Bertz CT molecular complexity index is 10600. The molecule has 31 aromatic rings. The van der Waals surface area contributed by atoms with Gasteiger partial charge in [0.05, 0.1) is 55.5 Å². The van der Waals surface area contributed by atoms with Gasteiger partial charge in [0, 0.05) is 114 Å². The number of benzene rings is 22. The van der Waals surface area contributed by atoms with E-state index in [1.807, 2.05) is 91.0 Å². The molecule has 0 aliphatic carbocycles. The molecule has 0 aliphatic heterocycles. The van der Waals surface area contributed by atoms with E-state index in [0.29, 0.717) is 29.5 Å². The van der Waals surface area contributed by atoms with Gasteiger partial charge in [0.25, 0.3) is 0 Å². The van der Waals surface area contributed by atoms with E-state index < -0.39 is 0 Å². The summed E-state index contributed by atoms with van der Waals surface area (Å²) in [5.74, 6) is 3.11. The highest BCUT2D eigenvalue weighted by atomic mass is 16.3. The third-order valence-corrected chi connectivity index (χ3v) is 28.2. The molecule has 0 aliphatic rings. The summed E-state index contributed by atoms with van der Waals surface area (Å²) in [6.45, 7) is 0. The van der Waals surface area contributed by atoms with Crippen LogP contribution in [-0.4, -0.2) is 48.6 Å². The summed E-state index contributed by atoms with van der Waals surface area (Å²) in [4.78, 5) is 36.2. The molecule has 0 atom stereocenters. The fourth-order valence-corrected chi connectivity index (χ4v) is 22.2. The van der Waals surface area contributed by atoms with Crippen molar-refractivity contribution in [2.24, 2.45) is 0 Å². The van der Waals surface area contributed by atoms with E-state index in [1.54, 1.807) is 0 Å². The minimum atomic E-state index is 0.571. The fraction of sp³-hybridized carbons (Fsp3) is 0. The van der Waals surface area contributed by atoms with Crippen molar-refractivity contribution in [3.63, 3.8) is 0 Å². The third-order valence-electron chi connectivity index (χ3n) is 28.2. The standard InChI is InChI=1S/C46H27N3O.C41H24N4O.C40H23N3O/c1-2-12-28(13-3-1)29-22-24-30(25-23-29)44-35-18-8-10-20-37(35)47-46(48-44)49-38-21-11-9-19-36(38)41-39(49)26-27-40-43(41)42-33-16-6-4-14-31(33)32-15-5-7-17-34(32)45(42)50-40;1-3-13-25(14-4-1)39-42-40(26-15-5-2-6-16-26)44-41(43-39)45-32-22-12-11-21-31(32)35-33(45)23-24-34-37(35)36-29-19-9-7-17-27(29)28-18-8-10-20-30(28)38(36)46-34;1-2-12-24(13-3-1)38-29-18-8-10-20-31(29)41-40(42-38)43-32-21-11-9-19-30(32)35-33(43)22-23-34-37(35)36-27-16-6-4-14-25(27)26-15-5-7-17-28(26)39(36)44-34/h1-27H;1-24H;1-23H. The quantitative estimate of drug-likeness (QED) is 0.135. The van der Waals surface area contributed by atoms with Crippen molar-refractivity contribution in [1.82, 2.24) is 48.6 Å². The Balaban J connectivity index is 0.000000101. The molecule has 13 nitrogen and oxygen atoms in total. The number of furan rings is 3. The molecular formula is C127H74N10O3. The van der Waals surface area contributed by atoms with Crippen molar-refractivity contribution in [2.45, 2.75) is 0 Å². The van der Waals surface area contributed by atoms with Crippen LogP contribution in [0, 0.1) is 0 Å². The predicted octanol–water partition coefficient (Wildman–Crippen LogP) is 33.4. The second-order valence-electron chi connectivity index (χ2n) is 35.9. The summed E-state index contributed by atoms with van der Waals surface area (Å²) < 4.78 is 26.9. The number of hydrogen-bond acceptors (Lipinski definition) is 10. The molecule has 0 amide bonds. The molecule has 13 heteroatoms. The normalized spacial score (nSPS) is 12.0. The Kier molecular flexibility index (Phi) is 17.5. The second-order valence-corrected chi connectivity index (χ2v) is 35.9. The molecule has 22 aromatic carbocycles. The Morgan fingerprint density at radius 1 is 0.143 bits per heavy atom. The van der Waals surface area contributed by atoms with Crippen molar-refractivity contribution in [3.8, 4) is 74.3 Å². The molecule has 0 bridgehead atoms. The van der Waals surface area contributed by atoms with Crippen LogP contribution in [0.25, 0.3) is 292 Å². The van der Waals surface area contributed by atoms with Crippen molar-refractivity contribution >= 4 is 218 Å². The topological polar surface area (TPSA) is 144 Å². The first kappa shape index (κ1) is 78.4. The van der Waals surface area contributed by atoms with Crippen LogP contribution in [0.2, 0.25) is 0 Å². The molecule has 0 fully saturated rings. The average molecular weight is 1790 g/mol. The van der Waals surface area contributed by atoms with Gasteiger partial charge in [0.2, 0.25) is 17.8 Å². The molecule has 9 aromatic heterocycles. The van der Waals surface area contributed by atoms with Gasteiger partial charge in [0.1, 0.15) is 33.5 Å². The highest BCUT2D eigenvalue weighted by Gasteiger charge is 2.30. The van der Waals surface area contributed by atoms with Gasteiger partial charge in [-0.2, -0.15) is 9.97 Å². The lowest BCUT2D eigenvalue weighted by Crippen LogP contribution is -2.06. The van der Waals surface area contributed by atoms with Crippen molar-refractivity contribution in [3.05, 3.63) is 449 Å². The molecule has 31 rings (SSSR count). The van der Waals surface area contributed by atoms with Crippen LogP contribution in [-0.2, 0) is 0 Å². The Labute approximate surface area is 797 Å². The van der Waals surface area contributed by atoms with E-state index in [9.17, 15) is 0 Å². The van der Waals surface area contributed by atoms with E-state index >= 15 is 0 Å². The van der Waals surface area contributed by atoms with Crippen molar-refractivity contribution < 1.29 is 13.3 Å². The molecule has 140 heavy (non-hydrogen) atoms. The monoisotopic (exact) mass is 1790 g/mol. The van der Waals surface area contributed by atoms with Gasteiger partial charge < -0.3 is 13.3 Å².